The Balaban J connectivity index is 1.65. The largest absolute Gasteiger partial charge is 0.460 e. The lowest BCUT2D eigenvalue weighted by Gasteiger charge is -2.35. The molecule has 4 nitrogen and oxygen atoms in total. The molecule has 0 spiro atoms. The molecular formula is C20H20ClNO3. The lowest BCUT2D eigenvalue weighted by atomic mass is 10.0. The first-order valence-electron chi connectivity index (χ1n) is 8.44. The van der Waals surface area contributed by atoms with Crippen molar-refractivity contribution >= 4 is 23.5 Å². The minimum absolute atomic E-state index is 0.0443. The topological polar surface area (TPSA) is 46.6 Å². The summed E-state index contributed by atoms with van der Waals surface area (Å²) < 4.78 is 5.45. The molecule has 1 heterocycles. The van der Waals surface area contributed by atoms with E-state index in [9.17, 15) is 9.59 Å². The summed E-state index contributed by atoms with van der Waals surface area (Å²) in [6.45, 7) is 0.891. The zero-order valence-electron chi connectivity index (χ0n) is 13.9. The Morgan fingerprint density at radius 3 is 2.44 bits per heavy atom. The van der Waals surface area contributed by atoms with Crippen LogP contribution in [0.25, 0.3) is 0 Å². The number of halogens is 1. The zero-order chi connectivity index (χ0) is 17.6. The van der Waals surface area contributed by atoms with Crippen LogP contribution in [0.1, 0.15) is 40.0 Å². The molecule has 0 aliphatic carbocycles. The number of nitrogens with zero attached hydrogens (tertiary/aromatic N) is 1. The van der Waals surface area contributed by atoms with E-state index in [0.29, 0.717) is 22.7 Å². The van der Waals surface area contributed by atoms with Crippen LogP contribution in [0.3, 0.4) is 0 Å². The Morgan fingerprint density at radius 2 is 1.72 bits per heavy atom. The highest BCUT2D eigenvalue weighted by atomic mass is 35.5. The number of piperidine rings is 1. The molecule has 1 amide bonds. The van der Waals surface area contributed by atoms with Crippen molar-refractivity contribution < 1.29 is 14.3 Å². The molecule has 5 heteroatoms. The summed E-state index contributed by atoms with van der Waals surface area (Å²) in [5.41, 5.74) is 1.12. The summed E-state index contributed by atoms with van der Waals surface area (Å²) in [5.74, 6) is -0.401. The fourth-order valence-electron chi connectivity index (χ4n) is 3.03. The molecule has 1 saturated heterocycles. The van der Waals surface area contributed by atoms with Gasteiger partial charge in [0.2, 0.25) is 0 Å². The first kappa shape index (κ1) is 17.5. The van der Waals surface area contributed by atoms with Crippen molar-refractivity contribution in [3.8, 4) is 0 Å². The van der Waals surface area contributed by atoms with E-state index in [1.165, 1.54) is 0 Å². The van der Waals surface area contributed by atoms with Gasteiger partial charge in [0.1, 0.15) is 6.61 Å². The number of carbonyl (C=O) groups excluding carboxylic acids is 2. The highest BCUT2D eigenvalue weighted by Crippen LogP contribution is 2.21. The number of rotatable bonds is 4. The van der Waals surface area contributed by atoms with Gasteiger partial charge in [0.05, 0.1) is 11.6 Å². The molecule has 1 atom stereocenters. The first-order chi connectivity index (χ1) is 12.1. The second-order valence-electron chi connectivity index (χ2n) is 6.12. The van der Waals surface area contributed by atoms with Crippen molar-refractivity contribution in [3.05, 3.63) is 70.7 Å². The molecule has 0 aromatic heterocycles. The summed E-state index contributed by atoms with van der Waals surface area (Å²) in [4.78, 5) is 26.7. The average Bonchev–Trinajstić information content (AvgIpc) is 2.67. The van der Waals surface area contributed by atoms with E-state index >= 15 is 0 Å². The molecule has 2 aromatic rings. The molecule has 130 valence electrons. The molecule has 2 aromatic carbocycles. The van der Waals surface area contributed by atoms with Crippen molar-refractivity contribution in [2.24, 2.45) is 0 Å². The molecule has 1 aliphatic heterocycles. The van der Waals surface area contributed by atoms with E-state index in [1.54, 1.807) is 48.5 Å². The molecule has 0 saturated carbocycles. The van der Waals surface area contributed by atoms with Crippen LogP contribution in [0.5, 0.6) is 0 Å². The number of hydrogen-bond donors (Lipinski definition) is 0. The van der Waals surface area contributed by atoms with Gasteiger partial charge in [0.15, 0.2) is 0 Å². The number of esters is 1. The van der Waals surface area contributed by atoms with Gasteiger partial charge < -0.3 is 9.64 Å². The van der Waals surface area contributed by atoms with Crippen LogP contribution in [0.15, 0.2) is 54.6 Å². The van der Waals surface area contributed by atoms with Gasteiger partial charge in [-0.25, -0.2) is 4.79 Å². The van der Waals surface area contributed by atoms with Gasteiger partial charge in [0, 0.05) is 17.1 Å². The Hall–Kier alpha value is -2.33. The fourth-order valence-corrected chi connectivity index (χ4v) is 3.15. The first-order valence-corrected chi connectivity index (χ1v) is 8.81. The van der Waals surface area contributed by atoms with Gasteiger partial charge in [-0.2, -0.15) is 0 Å². The van der Waals surface area contributed by atoms with Gasteiger partial charge >= 0.3 is 5.97 Å². The summed E-state index contributed by atoms with van der Waals surface area (Å²) in [7, 11) is 0. The van der Waals surface area contributed by atoms with E-state index in [0.717, 1.165) is 19.3 Å². The number of hydrogen-bond acceptors (Lipinski definition) is 3. The van der Waals surface area contributed by atoms with Gasteiger partial charge in [-0.05, 0) is 55.7 Å². The Kier molecular flexibility index (Phi) is 5.71. The lowest BCUT2D eigenvalue weighted by molar-refractivity contribution is 0.0251. The smallest absolute Gasteiger partial charge is 0.338 e. The highest BCUT2D eigenvalue weighted by Gasteiger charge is 2.28. The van der Waals surface area contributed by atoms with Crippen molar-refractivity contribution in [2.75, 3.05) is 13.2 Å². The van der Waals surface area contributed by atoms with Crippen LogP contribution in [0.2, 0.25) is 5.02 Å². The number of likely N-dealkylation sites (tertiary alicyclic amines) is 1. The average molecular weight is 358 g/mol. The van der Waals surface area contributed by atoms with Crippen LogP contribution in [0, 0.1) is 0 Å². The lowest BCUT2D eigenvalue weighted by Crippen LogP contribution is -2.46. The van der Waals surface area contributed by atoms with Crippen LogP contribution in [0.4, 0.5) is 0 Å². The summed E-state index contributed by atoms with van der Waals surface area (Å²) in [5, 5.41) is 0.600. The van der Waals surface area contributed by atoms with Gasteiger partial charge in [0.25, 0.3) is 5.91 Å². The van der Waals surface area contributed by atoms with Crippen LogP contribution >= 0.6 is 11.6 Å². The quantitative estimate of drug-likeness (QED) is 0.771. The van der Waals surface area contributed by atoms with Crippen LogP contribution < -0.4 is 0 Å². The van der Waals surface area contributed by atoms with Crippen molar-refractivity contribution in [2.45, 2.75) is 25.3 Å². The maximum Gasteiger partial charge on any atom is 0.338 e. The van der Waals surface area contributed by atoms with E-state index in [4.69, 9.17) is 16.3 Å². The monoisotopic (exact) mass is 357 g/mol. The van der Waals surface area contributed by atoms with Crippen molar-refractivity contribution in [1.29, 1.82) is 0 Å². The van der Waals surface area contributed by atoms with Crippen LogP contribution in [-0.4, -0.2) is 36.0 Å². The molecule has 25 heavy (non-hydrogen) atoms. The van der Waals surface area contributed by atoms with Gasteiger partial charge in [-0.1, -0.05) is 29.8 Å². The van der Waals surface area contributed by atoms with E-state index in [-0.39, 0.29) is 24.5 Å². The number of benzene rings is 2. The molecule has 1 fully saturated rings. The van der Waals surface area contributed by atoms with Crippen molar-refractivity contribution in [3.63, 3.8) is 0 Å². The fraction of sp³-hybridized carbons (Fsp3) is 0.300. The molecule has 1 unspecified atom stereocenters. The summed E-state index contributed by atoms with van der Waals surface area (Å²) >= 11 is 5.89. The SMILES string of the molecule is O=C(OCC1CCCCN1C(=O)c1ccc(Cl)cc1)c1ccccc1. The van der Waals surface area contributed by atoms with Gasteiger partial charge in [-0.3, -0.25) is 4.79 Å². The predicted molar refractivity (Wildman–Crippen MR) is 96.9 cm³/mol. The molecule has 0 bridgehead atoms. The number of ether oxygens (including phenoxy) is 1. The number of carbonyl (C=O) groups is 2. The summed E-state index contributed by atoms with van der Waals surface area (Å²) in [6.07, 6.45) is 2.82. The van der Waals surface area contributed by atoms with Crippen molar-refractivity contribution in [1.82, 2.24) is 4.90 Å². The molecular weight excluding hydrogens is 338 g/mol. The molecule has 3 rings (SSSR count). The molecule has 0 N–H and O–H groups in total. The summed E-state index contributed by atoms with van der Waals surface area (Å²) in [6, 6.07) is 15.7. The molecule has 1 aliphatic rings. The third-order valence-electron chi connectivity index (χ3n) is 4.40. The zero-order valence-corrected chi connectivity index (χ0v) is 14.6. The van der Waals surface area contributed by atoms with Crippen LogP contribution in [-0.2, 0) is 4.74 Å². The Labute approximate surface area is 152 Å². The maximum absolute atomic E-state index is 12.8. The molecule has 0 radical (unpaired) electrons. The van der Waals surface area contributed by atoms with Gasteiger partial charge in [-0.15, -0.1) is 0 Å². The minimum atomic E-state index is -0.356. The maximum atomic E-state index is 12.8. The third kappa shape index (κ3) is 4.40. The van der Waals surface area contributed by atoms with E-state index in [2.05, 4.69) is 0 Å². The number of amides is 1. The predicted octanol–water partition coefficient (Wildman–Crippen LogP) is 4.19. The standard InChI is InChI=1S/C20H20ClNO3/c21-17-11-9-15(10-12-17)19(23)22-13-5-4-8-18(22)14-25-20(24)16-6-2-1-3-7-16/h1-3,6-7,9-12,18H,4-5,8,13-14H2. The van der Waals surface area contributed by atoms with E-state index < -0.39 is 0 Å². The Morgan fingerprint density at radius 1 is 1.00 bits per heavy atom. The normalized spacial score (nSPS) is 17.2. The third-order valence-corrected chi connectivity index (χ3v) is 4.65. The Bertz CT molecular complexity index is 730. The minimum Gasteiger partial charge on any atom is -0.460 e. The second-order valence-corrected chi connectivity index (χ2v) is 6.56. The second kappa shape index (κ2) is 8.17. The highest BCUT2D eigenvalue weighted by molar-refractivity contribution is 6.30. The van der Waals surface area contributed by atoms with E-state index in [1.807, 2.05) is 11.0 Å².